The third-order valence-corrected chi connectivity index (χ3v) is 0.871. The summed E-state index contributed by atoms with van der Waals surface area (Å²) in [5, 5.41) is 0. The molecule has 58 valence electrons. The van der Waals surface area contributed by atoms with Crippen molar-refractivity contribution < 1.29 is 5.48 Å². The largest absolute Gasteiger partial charge is 0.412 e. The summed E-state index contributed by atoms with van der Waals surface area (Å²) >= 11 is 0. The van der Waals surface area contributed by atoms with E-state index >= 15 is 0 Å². The molecule has 1 heterocycles. The van der Waals surface area contributed by atoms with E-state index in [1.165, 1.54) is 0 Å². The van der Waals surface area contributed by atoms with Crippen LogP contribution in [0.5, 0.6) is 0 Å². The standard InChI is InChI=1S/C5H7N3.H3N.H2O/c6-4-2-1-3-8-5(4)7;;/h1-3H,6H2,(H2,7,8);1H3;1H2. The Labute approximate surface area is 58.9 Å². The van der Waals surface area contributed by atoms with Gasteiger partial charge in [0.15, 0.2) is 0 Å². The number of aromatic nitrogens is 1. The average Bonchev–Trinajstić information content (AvgIpc) is 1.77. The zero-order chi connectivity index (χ0) is 5.98. The Morgan fingerprint density at radius 3 is 2.20 bits per heavy atom. The van der Waals surface area contributed by atoms with Crippen molar-refractivity contribution in [2.75, 3.05) is 11.5 Å². The van der Waals surface area contributed by atoms with Crippen molar-refractivity contribution in [1.82, 2.24) is 11.1 Å². The van der Waals surface area contributed by atoms with Gasteiger partial charge in [-0.1, -0.05) is 0 Å². The van der Waals surface area contributed by atoms with E-state index in [1.807, 2.05) is 0 Å². The zero-order valence-electron chi connectivity index (χ0n) is 5.54. The molecule has 0 radical (unpaired) electrons. The highest BCUT2D eigenvalue weighted by Crippen LogP contribution is 2.06. The normalized spacial score (nSPS) is 7.20. The van der Waals surface area contributed by atoms with Crippen molar-refractivity contribution in [3.05, 3.63) is 18.3 Å². The Kier molecular flexibility index (Phi) is 5.20. The topological polar surface area (TPSA) is 131 Å². The van der Waals surface area contributed by atoms with Gasteiger partial charge in [-0.3, -0.25) is 0 Å². The van der Waals surface area contributed by atoms with Crippen molar-refractivity contribution in [2.45, 2.75) is 0 Å². The van der Waals surface area contributed by atoms with Crippen molar-refractivity contribution in [3.63, 3.8) is 0 Å². The molecule has 10 heavy (non-hydrogen) atoms. The fourth-order valence-corrected chi connectivity index (χ4v) is 0.430. The summed E-state index contributed by atoms with van der Waals surface area (Å²) in [5.74, 6) is 0.396. The molecule has 0 aliphatic rings. The molecule has 0 fully saturated rings. The fraction of sp³-hybridized carbons (Fsp3) is 0. The first-order valence-electron chi connectivity index (χ1n) is 2.26. The fourth-order valence-electron chi connectivity index (χ4n) is 0.430. The summed E-state index contributed by atoms with van der Waals surface area (Å²) < 4.78 is 0. The summed E-state index contributed by atoms with van der Waals surface area (Å²) in [4.78, 5) is 3.73. The van der Waals surface area contributed by atoms with Gasteiger partial charge in [0, 0.05) is 6.20 Å². The Balaban J connectivity index is 0. The Morgan fingerprint density at radius 2 is 1.90 bits per heavy atom. The predicted octanol–water partition coefficient (Wildman–Crippen LogP) is -0.417. The molecule has 5 heteroatoms. The molecule has 0 saturated heterocycles. The van der Waals surface area contributed by atoms with Crippen LogP contribution in [-0.4, -0.2) is 10.5 Å². The maximum Gasteiger partial charge on any atom is 0.146 e. The van der Waals surface area contributed by atoms with Crippen LogP contribution >= 0.6 is 0 Å². The van der Waals surface area contributed by atoms with Gasteiger partial charge >= 0.3 is 0 Å². The molecule has 0 unspecified atom stereocenters. The molecule has 0 aromatic carbocycles. The second-order valence-corrected chi connectivity index (χ2v) is 1.48. The number of nitrogen functional groups attached to an aromatic ring is 2. The minimum atomic E-state index is 0. The first kappa shape index (κ1) is 11.5. The molecule has 5 nitrogen and oxygen atoms in total. The lowest BCUT2D eigenvalue weighted by atomic mass is 10.4. The lowest BCUT2D eigenvalue weighted by Gasteiger charge is -1.92. The third-order valence-electron chi connectivity index (χ3n) is 0.871. The molecule has 0 amide bonds. The van der Waals surface area contributed by atoms with Gasteiger partial charge in [-0.25, -0.2) is 4.98 Å². The minimum absolute atomic E-state index is 0. The third kappa shape index (κ3) is 2.29. The molecule has 0 spiro atoms. The predicted molar refractivity (Wildman–Crippen MR) is 41.7 cm³/mol. The molecule has 0 saturated carbocycles. The van der Waals surface area contributed by atoms with Gasteiger partial charge in [-0.05, 0) is 12.1 Å². The maximum atomic E-state index is 5.33. The molecule has 1 aromatic rings. The van der Waals surface area contributed by atoms with Crippen LogP contribution in [0.4, 0.5) is 11.5 Å². The van der Waals surface area contributed by atoms with Crippen LogP contribution in [0.3, 0.4) is 0 Å². The van der Waals surface area contributed by atoms with Gasteiger partial charge in [0.25, 0.3) is 0 Å². The number of nitrogens with two attached hydrogens (primary N) is 2. The monoisotopic (exact) mass is 144 g/mol. The van der Waals surface area contributed by atoms with Gasteiger partial charge < -0.3 is 23.1 Å². The van der Waals surface area contributed by atoms with Crippen LogP contribution < -0.4 is 17.6 Å². The summed E-state index contributed by atoms with van der Waals surface area (Å²) in [6, 6.07) is 3.45. The van der Waals surface area contributed by atoms with Crippen LogP contribution in [0.25, 0.3) is 0 Å². The molecule has 0 aliphatic heterocycles. The molecular weight excluding hydrogens is 132 g/mol. The second-order valence-electron chi connectivity index (χ2n) is 1.48. The van der Waals surface area contributed by atoms with E-state index in [0.717, 1.165) is 0 Å². The van der Waals surface area contributed by atoms with Crippen LogP contribution in [0, 0.1) is 0 Å². The maximum absolute atomic E-state index is 5.33. The number of rotatable bonds is 0. The van der Waals surface area contributed by atoms with Crippen LogP contribution in [0.2, 0.25) is 0 Å². The van der Waals surface area contributed by atoms with Crippen molar-refractivity contribution in [2.24, 2.45) is 0 Å². The smallest absolute Gasteiger partial charge is 0.146 e. The van der Waals surface area contributed by atoms with Crippen LogP contribution in [0.15, 0.2) is 18.3 Å². The first-order valence-corrected chi connectivity index (χ1v) is 2.26. The highest BCUT2D eigenvalue weighted by Gasteiger charge is 1.87. The molecular formula is C5H12N4O. The number of anilines is 2. The lowest BCUT2D eigenvalue weighted by Crippen LogP contribution is -1.95. The Bertz CT molecular complexity index is 170. The van der Waals surface area contributed by atoms with E-state index in [2.05, 4.69) is 4.98 Å². The molecule has 1 aromatic heterocycles. The van der Waals surface area contributed by atoms with E-state index in [4.69, 9.17) is 11.5 Å². The number of hydrogen-bond acceptors (Lipinski definition) is 4. The number of pyridine rings is 1. The van der Waals surface area contributed by atoms with E-state index in [-0.39, 0.29) is 11.6 Å². The summed E-state index contributed by atoms with van der Waals surface area (Å²) in [7, 11) is 0. The average molecular weight is 144 g/mol. The minimum Gasteiger partial charge on any atom is -0.412 e. The Hall–Kier alpha value is -1.33. The molecule has 1 rings (SSSR count). The zero-order valence-corrected chi connectivity index (χ0v) is 5.54. The van der Waals surface area contributed by atoms with Crippen LogP contribution in [0.1, 0.15) is 0 Å². The lowest BCUT2D eigenvalue weighted by molar-refractivity contribution is 0.824. The molecule has 0 atom stereocenters. The van der Waals surface area contributed by atoms with Crippen LogP contribution in [-0.2, 0) is 0 Å². The van der Waals surface area contributed by atoms with E-state index < -0.39 is 0 Å². The van der Waals surface area contributed by atoms with Gasteiger partial charge in [0.05, 0.1) is 5.69 Å². The van der Waals surface area contributed by atoms with Gasteiger partial charge in [0.1, 0.15) is 5.82 Å². The second kappa shape index (κ2) is 4.54. The highest BCUT2D eigenvalue weighted by molar-refractivity contribution is 5.56. The summed E-state index contributed by atoms with van der Waals surface area (Å²) in [6.45, 7) is 0. The Morgan fingerprint density at radius 1 is 1.30 bits per heavy atom. The number of nitrogens with zero attached hydrogens (tertiary/aromatic N) is 1. The van der Waals surface area contributed by atoms with Crippen molar-refractivity contribution >= 4 is 11.5 Å². The van der Waals surface area contributed by atoms with Gasteiger partial charge in [-0.15, -0.1) is 0 Å². The van der Waals surface area contributed by atoms with Gasteiger partial charge in [-0.2, -0.15) is 0 Å². The van der Waals surface area contributed by atoms with Crippen molar-refractivity contribution in [3.8, 4) is 0 Å². The van der Waals surface area contributed by atoms with E-state index in [1.54, 1.807) is 18.3 Å². The molecule has 0 bridgehead atoms. The van der Waals surface area contributed by atoms with E-state index in [9.17, 15) is 0 Å². The summed E-state index contributed by atoms with van der Waals surface area (Å²) in [6.07, 6.45) is 1.60. The summed E-state index contributed by atoms with van der Waals surface area (Å²) in [5.41, 5.74) is 11.2. The molecule has 0 aliphatic carbocycles. The quantitative estimate of drug-likeness (QED) is 0.456. The first-order chi connectivity index (χ1) is 3.80. The molecule has 9 N–H and O–H groups in total. The SMILES string of the molecule is N.Nc1cccnc1N.O. The van der Waals surface area contributed by atoms with Crippen molar-refractivity contribution in [1.29, 1.82) is 0 Å². The number of hydrogen-bond donors (Lipinski definition) is 3. The van der Waals surface area contributed by atoms with Gasteiger partial charge in [0.2, 0.25) is 0 Å². The van der Waals surface area contributed by atoms with E-state index in [0.29, 0.717) is 11.5 Å². The highest BCUT2D eigenvalue weighted by atomic mass is 16.0.